The van der Waals surface area contributed by atoms with Crippen LogP contribution in [-0.4, -0.2) is 22.9 Å². The summed E-state index contributed by atoms with van der Waals surface area (Å²) in [5.74, 6) is 0. The summed E-state index contributed by atoms with van der Waals surface area (Å²) in [6, 6.07) is 7.30. The van der Waals surface area contributed by atoms with Gasteiger partial charge in [0.25, 0.3) is 0 Å². The van der Waals surface area contributed by atoms with Gasteiger partial charge in [-0.15, -0.1) is 0 Å². The number of nitrogens with zero attached hydrogens (tertiary/aromatic N) is 3. The van der Waals surface area contributed by atoms with Gasteiger partial charge >= 0.3 is 0 Å². The predicted molar refractivity (Wildman–Crippen MR) is 60.8 cm³/mol. The molecule has 5 nitrogen and oxygen atoms in total. The molecule has 0 saturated carbocycles. The molecule has 0 spiro atoms. The van der Waals surface area contributed by atoms with E-state index in [4.69, 9.17) is 5.53 Å². The van der Waals surface area contributed by atoms with Crippen LogP contribution in [0.3, 0.4) is 0 Å². The van der Waals surface area contributed by atoms with Crippen LogP contribution in [0.4, 0.5) is 0 Å². The molecule has 0 radical (unpaired) electrons. The van der Waals surface area contributed by atoms with Gasteiger partial charge in [-0.25, -0.2) is 0 Å². The number of aryl methyl sites for hydroxylation is 1. The third-order valence-corrected chi connectivity index (χ3v) is 2.37. The number of hydrogen-bond acceptors (Lipinski definition) is 3. The fourth-order valence-corrected chi connectivity index (χ4v) is 1.38. The van der Waals surface area contributed by atoms with Crippen molar-refractivity contribution >= 4 is 0 Å². The van der Waals surface area contributed by atoms with E-state index >= 15 is 0 Å². The average Bonchev–Trinajstić information content (AvgIpc) is 2.29. The second-order valence-electron chi connectivity index (χ2n) is 3.67. The largest absolute Gasteiger partial charge is 0.390 e. The van der Waals surface area contributed by atoms with Gasteiger partial charge in [0.05, 0.1) is 6.10 Å². The summed E-state index contributed by atoms with van der Waals surface area (Å²) in [7, 11) is 0. The fourth-order valence-electron chi connectivity index (χ4n) is 1.38. The minimum Gasteiger partial charge on any atom is -0.390 e. The molecule has 0 saturated heterocycles. The Balaban J connectivity index is 2.58. The maximum absolute atomic E-state index is 9.79. The first kappa shape index (κ1) is 12.5. The minimum absolute atomic E-state index is 0.181. The number of rotatable bonds is 5. The molecule has 1 rings (SSSR count). The minimum atomic E-state index is -0.936. The number of aliphatic hydroxyl groups is 2. The highest BCUT2D eigenvalue weighted by molar-refractivity contribution is 5.23. The number of azide groups is 1. The van der Waals surface area contributed by atoms with Crippen molar-refractivity contribution in [2.45, 2.75) is 25.6 Å². The molecule has 0 amide bonds. The zero-order valence-electron chi connectivity index (χ0n) is 9.11. The molecule has 2 N–H and O–H groups in total. The van der Waals surface area contributed by atoms with Crippen LogP contribution in [0.2, 0.25) is 0 Å². The van der Waals surface area contributed by atoms with Crippen LogP contribution in [0, 0.1) is 6.92 Å². The van der Waals surface area contributed by atoms with Gasteiger partial charge in [-0.1, -0.05) is 34.9 Å². The van der Waals surface area contributed by atoms with Crippen LogP contribution in [0.15, 0.2) is 29.4 Å². The van der Waals surface area contributed by atoms with Crippen molar-refractivity contribution in [3.8, 4) is 0 Å². The average molecular weight is 221 g/mol. The third kappa shape index (κ3) is 3.55. The summed E-state index contributed by atoms with van der Waals surface area (Å²) in [4.78, 5) is 2.58. The Bertz CT molecular complexity index is 371. The summed E-state index contributed by atoms with van der Waals surface area (Å²) in [5.41, 5.74) is 9.84. The standard InChI is InChI=1S/C11H15N3O2/c1-8-2-4-9(5-3-8)11(16)10(15)6-7-13-14-12/h2-5,10-11,15-16H,6-7H2,1H3. The summed E-state index contributed by atoms with van der Waals surface area (Å²) in [6.07, 6.45) is -1.60. The van der Waals surface area contributed by atoms with Gasteiger partial charge < -0.3 is 10.2 Å². The van der Waals surface area contributed by atoms with Gasteiger partial charge in [-0.2, -0.15) is 0 Å². The Labute approximate surface area is 94.0 Å². The highest BCUT2D eigenvalue weighted by Crippen LogP contribution is 2.19. The van der Waals surface area contributed by atoms with Gasteiger partial charge in [0.1, 0.15) is 6.10 Å². The molecule has 86 valence electrons. The normalized spacial score (nSPS) is 13.9. The van der Waals surface area contributed by atoms with Crippen molar-refractivity contribution in [2.24, 2.45) is 5.11 Å². The van der Waals surface area contributed by atoms with Gasteiger partial charge in [-0.05, 0) is 24.4 Å². The Morgan fingerprint density at radius 1 is 1.31 bits per heavy atom. The van der Waals surface area contributed by atoms with Crippen LogP contribution >= 0.6 is 0 Å². The number of hydrogen-bond donors (Lipinski definition) is 2. The van der Waals surface area contributed by atoms with Crippen LogP contribution in [0.25, 0.3) is 10.4 Å². The quantitative estimate of drug-likeness (QED) is 0.453. The summed E-state index contributed by atoms with van der Waals surface area (Å²) in [5, 5.41) is 22.7. The monoisotopic (exact) mass is 221 g/mol. The zero-order chi connectivity index (χ0) is 12.0. The number of benzene rings is 1. The maximum Gasteiger partial charge on any atom is 0.105 e. The molecule has 0 aliphatic rings. The molecule has 0 aliphatic carbocycles. The highest BCUT2D eigenvalue weighted by atomic mass is 16.3. The smallest absolute Gasteiger partial charge is 0.105 e. The highest BCUT2D eigenvalue weighted by Gasteiger charge is 2.17. The summed E-state index contributed by atoms with van der Waals surface area (Å²) < 4.78 is 0. The van der Waals surface area contributed by atoms with Crippen molar-refractivity contribution in [1.82, 2.24) is 0 Å². The lowest BCUT2D eigenvalue weighted by Gasteiger charge is -2.17. The molecular formula is C11H15N3O2. The molecule has 5 heteroatoms. The SMILES string of the molecule is Cc1ccc(C(O)C(O)CCN=[N+]=[N-])cc1. The van der Waals surface area contributed by atoms with Crippen molar-refractivity contribution in [1.29, 1.82) is 0 Å². The van der Waals surface area contributed by atoms with E-state index in [-0.39, 0.29) is 13.0 Å². The Kier molecular flexibility index (Phi) is 4.79. The molecule has 1 aromatic rings. The van der Waals surface area contributed by atoms with Crippen LogP contribution < -0.4 is 0 Å². The topological polar surface area (TPSA) is 89.2 Å². The summed E-state index contributed by atoms with van der Waals surface area (Å²) >= 11 is 0. The lowest BCUT2D eigenvalue weighted by atomic mass is 10.0. The van der Waals surface area contributed by atoms with Crippen molar-refractivity contribution in [3.63, 3.8) is 0 Å². The first-order chi connectivity index (χ1) is 7.65. The van der Waals surface area contributed by atoms with E-state index in [0.717, 1.165) is 5.56 Å². The van der Waals surface area contributed by atoms with Crippen LogP contribution in [0.5, 0.6) is 0 Å². The first-order valence-corrected chi connectivity index (χ1v) is 5.08. The molecule has 16 heavy (non-hydrogen) atoms. The molecule has 2 atom stereocenters. The van der Waals surface area contributed by atoms with E-state index in [2.05, 4.69) is 10.0 Å². The van der Waals surface area contributed by atoms with Gasteiger partial charge in [0.15, 0.2) is 0 Å². The van der Waals surface area contributed by atoms with Crippen molar-refractivity contribution < 1.29 is 10.2 Å². The van der Waals surface area contributed by atoms with Crippen molar-refractivity contribution in [2.75, 3.05) is 6.54 Å². The summed E-state index contributed by atoms with van der Waals surface area (Å²) in [6.45, 7) is 2.13. The lowest BCUT2D eigenvalue weighted by molar-refractivity contribution is 0.0150. The van der Waals surface area contributed by atoms with E-state index in [1.807, 2.05) is 19.1 Å². The maximum atomic E-state index is 9.79. The molecule has 0 aliphatic heterocycles. The van der Waals surface area contributed by atoms with Gasteiger partial charge in [0, 0.05) is 11.5 Å². The van der Waals surface area contributed by atoms with Gasteiger partial charge in [-0.3, -0.25) is 0 Å². The predicted octanol–water partition coefficient (Wildman–Crippen LogP) is 2.09. The van der Waals surface area contributed by atoms with Crippen LogP contribution in [-0.2, 0) is 0 Å². The third-order valence-electron chi connectivity index (χ3n) is 2.37. The first-order valence-electron chi connectivity index (χ1n) is 5.08. The van der Waals surface area contributed by atoms with E-state index in [9.17, 15) is 10.2 Å². The Morgan fingerprint density at radius 2 is 1.94 bits per heavy atom. The van der Waals surface area contributed by atoms with Crippen LogP contribution in [0.1, 0.15) is 23.7 Å². The second-order valence-corrected chi connectivity index (χ2v) is 3.67. The molecule has 0 fully saturated rings. The van der Waals surface area contributed by atoms with E-state index < -0.39 is 12.2 Å². The van der Waals surface area contributed by atoms with E-state index in [1.54, 1.807) is 12.1 Å². The Morgan fingerprint density at radius 3 is 2.50 bits per heavy atom. The van der Waals surface area contributed by atoms with E-state index in [1.165, 1.54) is 0 Å². The van der Waals surface area contributed by atoms with Crippen molar-refractivity contribution in [3.05, 3.63) is 45.8 Å². The van der Waals surface area contributed by atoms with E-state index in [0.29, 0.717) is 5.56 Å². The lowest BCUT2D eigenvalue weighted by Crippen LogP contribution is -2.19. The van der Waals surface area contributed by atoms with Gasteiger partial charge in [0.2, 0.25) is 0 Å². The molecule has 0 bridgehead atoms. The molecule has 1 aromatic carbocycles. The molecular weight excluding hydrogens is 206 g/mol. The molecule has 0 aromatic heterocycles. The Hall–Kier alpha value is -1.55. The zero-order valence-corrected chi connectivity index (χ0v) is 9.11. The fraction of sp³-hybridized carbons (Fsp3) is 0.455. The number of aliphatic hydroxyl groups excluding tert-OH is 2. The second kappa shape index (κ2) is 6.12. The molecule has 0 heterocycles. The molecule has 2 unspecified atom stereocenters.